The number of hydrogen-bond acceptors (Lipinski definition) is 10. The van der Waals surface area contributed by atoms with E-state index in [1.54, 1.807) is 46.8 Å². The largest absolute Gasteiger partial charge is 0.493 e. The lowest BCUT2D eigenvalue weighted by atomic mass is 10.2. The Labute approximate surface area is 196 Å². The fourth-order valence-electron chi connectivity index (χ4n) is 3.32. The first-order valence-electron chi connectivity index (χ1n) is 10.4. The first-order chi connectivity index (χ1) is 16.6. The number of pyridine rings is 1. The van der Waals surface area contributed by atoms with Crippen LogP contribution in [0.5, 0.6) is 23.0 Å². The van der Waals surface area contributed by atoms with E-state index < -0.39 is 0 Å². The standard InChI is InChI=1S/C24H25N5O5/c1-30-18-9-7-15(12-20(18)32-3)14-26-22-17(6-5-11-25-22)23-28-29-24(34-23)27-16-8-10-19(31-2)21(13-16)33-4/h5-13H,14H2,1-4H3,(H,25,26)(H,27,29). The van der Waals surface area contributed by atoms with E-state index in [1.165, 1.54) is 0 Å². The number of anilines is 3. The molecule has 34 heavy (non-hydrogen) atoms. The summed E-state index contributed by atoms with van der Waals surface area (Å²) in [5, 5.41) is 14.7. The summed E-state index contributed by atoms with van der Waals surface area (Å²) in [5.41, 5.74) is 2.39. The molecule has 0 atom stereocenters. The lowest BCUT2D eigenvalue weighted by molar-refractivity contribution is 0.354. The fraction of sp³-hybridized carbons (Fsp3) is 0.208. The maximum absolute atomic E-state index is 5.84. The summed E-state index contributed by atoms with van der Waals surface area (Å²) in [6.07, 6.45) is 1.69. The van der Waals surface area contributed by atoms with E-state index in [-0.39, 0.29) is 6.01 Å². The van der Waals surface area contributed by atoms with Gasteiger partial charge in [0.15, 0.2) is 23.0 Å². The van der Waals surface area contributed by atoms with Crippen LogP contribution in [0.25, 0.3) is 11.5 Å². The molecule has 10 nitrogen and oxygen atoms in total. The lowest BCUT2D eigenvalue weighted by Crippen LogP contribution is -2.03. The molecule has 2 aromatic carbocycles. The average Bonchev–Trinajstić information content (AvgIpc) is 3.35. The van der Waals surface area contributed by atoms with Gasteiger partial charge in [0.25, 0.3) is 5.89 Å². The van der Waals surface area contributed by atoms with Crippen LogP contribution in [-0.4, -0.2) is 43.6 Å². The van der Waals surface area contributed by atoms with Crippen molar-refractivity contribution in [3.05, 3.63) is 60.3 Å². The van der Waals surface area contributed by atoms with E-state index in [0.717, 1.165) is 5.56 Å². The number of nitrogens with zero attached hydrogens (tertiary/aromatic N) is 3. The van der Waals surface area contributed by atoms with E-state index in [9.17, 15) is 0 Å². The van der Waals surface area contributed by atoms with Crippen LogP contribution in [0.4, 0.5) is 17.5 Å². The van der Waals surface area contributed by atoms with Gasteiger partial charge >= 0.3 is 6.01 Å². The van der Waals surface area contributed by atoms with Crippen LogP contribution in [0.2, 0.25) is 0 Å². The van der Waals surface area contributed by atoms with E-state index in [0.29, 0.717) is 52.5 Å². The second kappa shape index (κ2) is 10.4. The van der Waals surface area contributed by atoms with Gasteiger partial charge in [0.1, 0.15) is 5.82 Å². The molecule has 4 aromatic rings. The second-order valence-corrected chi connectivity index (χ2v) is 7.05. The zero-order valence-electron chi connectivity index (χ0n) is 19.3. The molecule has 0 aliphatic heterocycles. The summed E-state index contributed by atoms with van der Waals surface area (Å²) in [5.74, 6) is 3.47. The van der Waals surface area contributed by atoms with Gasteiger partial charge in [-0.3, -0.25) is 0 Å². The van der Waals surface area contributed by atoms with Crippen molar-refractivity contribution in [2.45, 2.75) is 6.54 Å². The SMILES string of the molecule is COc1ccc(CNc2ncccc2-c2nnc(Nc3ccc(OC)c(OC)c3)o2)cc1OC. The summed E-state index contributed by atoms with van der Waals surface area (Å²) in [4.78, 5) is 4.44. The van der Waals surface area contributed by atoms with Crippen LogP contribution in [-0.2, 0) is 6.54 Å². The Kier molecular flexibility index (Phi) is 6.97. The number of hydrogen-bond donors (Lipinski definition) is 2. The maximum atomic E-state index is 5.84. The van der Waals surface area contributed by atoms with Crippen LogP contribution in [0.15, 0.2) is 59.1 Å². The molecule has 2 heterocycles. The Morgan fingerprint density at radius 3 is 2.24 bits per heavy atom. The van der Waals surface area contributed by atoms with Gasteiger partial charge in [-0.2, -0.15) is 0 Å². The average molecular weight is 463 g/mol. The highest BCUT2D eigenvalue weighted by Crippen LogP contribution is 2.32. The third-order valence-electron chi connectivity index (χ3n) is 5.01. The van der Waals surface area contributed by atoms with E-state index in [2.05, 4.69) is 25.8 Å². The highest BCUT2D eigenvalue weighted by molar-refractivity contribution is 5.69. The van der Waals surface area contributed by atoms with Crippen molar-refractivity contribution < 1.29 is 23.4 Å². The third-order valence-corrected chi connectivity index (χ3v) is 5.01. The van der Waals surface area contributed by atoms with Gasteiger partial charge in [-0.25, -0.2) is 4.98 Å². The molecule has 0 aliphatic rings. The Bertz CT molecular complexity index is 1260. The Morgan fingerprint density at radius 2 is 1.50 bits per heavy atom. The third kappa shape index (κ3) is 4.96. The van der Waals surface area contributed by atoms with Crippen LogP contribution < -0.4 is 29.6 Å². The minimum atomic E-state index is 0.233. The molecule has 2 aromatic heterocycles. The molecule has 0 saturated heterocycles. The van der Waals surface area contributed by atoms with Gasteiger partial charge in [0.2, 0.25) is 0 Å². The van der Waals surface area contributed by atoms with E-state index in [4.69, 9.17) is 23.4 Å². The van der Waals surface area contributed by atoms with Gasteiger partial charge in [0, 0.05) is 24.5 Å². The quantitative estimate of drug-likeness (QED) is 0.348. The van der Waals surface area contributed by atoms with Gasteiger partial charge in [-0.05, 0) is 42.0 Å². The summed E-state index contributed by atoms with van der Waals surface area (Å²) in [6.45, 7) is 0.509. The maximum Gasteiger partial charge on any atom is 0.320 e. The van der Waals surface area contributed by atoms with Crippen LogP contribution >= 0.6 is 0 Å². The van der Waals surface area contributed by atoms with Crippen molar-refractivity contribution in [2.24, 2.45) is 0 Å². The molecular weight excluding hydrogens is 438 g/mol. The summed E-state index contributed by atoms with van der Waals surface area (Å²) < 4.78 is 27.1. The molecule has 0 radical (unpaired) electrons. The molecule has 10 heteroatoms. The summed E-state index contributed by atoms with van der Waals surface area (Å²) in [6, 6.07) is 15.0. The summed E-state index contributed by atoms with van der Waals surface area (Å²) >= 11 is 0. The van der Waals surface area contributed by atoms with Gasteiger partial charge < -0.3 is 34.0 Å². The monoisotopic (exact) mass is 463 g/mol. The molecule has 0 bridgehead atoms. The topological polar surface area (TPSA) is 113 Å². The minimum absolute atomic E-state index is 0.233. The van der Waals surface area contributed by atoms with Crippen molar-refractivity contribution in [3.63, 3.8) is 0 Å². The van der Waals surface area contributed by atoms with Gasteiger partial charge in [-0.15, -0.1) is 5.10 Å². The predicted octanol–water partition coefficient (Wildman–Crippen LogP) is 4.52. The molecule has 2 N–H and O–H groups in total. The Balaban J connectivity index is 1.50. The Hall–Kier alpha value is -4.47. The van der Waals surface area contributed by atoms with E-state index in [1.807, 2.05) is 36.4 Å². The number of benzene rings is 2. The predicted molar refractivity (Wildman–Crippen MR) is 127 cm³/mol. The smallest absolute Gasteiger partial charge is 0.320 e. The molecule has 0 saturated carbocycles. The zero-order chi connectivity index (χ0) is 23.9. The molecule has 4 rings (SSSR count). The van der Waals surface area contributed by atoms with Crippen molar-refractivity contribution in [3.8, 4) is 34.5 Å². The van der Waals surface area contributed by atoms with Crippen molar-refractivity contribution in [1.29, 1.82) is 0 Å². The highest BCUT2D eigenvalue weighted by atomic mass is 16.5. The molecular formula is C24H25N5O5. The van der Waals surface area contributed by atoms with Crippen molar-refractivity contribution >= 4 is 17.5 Å². The van der Waals surface area contributed by atoms with Gasteiger partial charge in [-0.1, -0.05) is 11.2 Å². The highest BCUT2D eigenvalue weighted by Gasteiger charge is 2.15. The zero-order valence-corrected chi connectivity index (χ0v) is 19.3. The lowest BCUT2D eigenvalue weighted by Gasteiger charge is -2.11. The van der Waals surface area contributed by atoms with E-state index >= 15 is 0 Å². The molecule has 0 fully saturated rings. The second-order valence-electron chi connectivity index (χ2n) is 7.05. The number of methoxy groups -OCH3 is 4. The number of nitrogens with one attached hydrogen (secondary N) is 2. The van der Waals surface area contributed by atoms with Crippen molar-refractivity contribution in [1.82, 2.24) is 15.2 Å². The number of aromatic nitrogens is 3. The van der Waals surface area contributed by atoms with Crippen molar-refractivity contribution in [2.75, 3.05) is 39.1 Å². The Morgan fingerprint density at radius 1 is 0.794 bits per heavy atom. The fourth-order valence-corrected chi connectivity index (χ4v) is 3.32. The van der Waals surface area contributed by atoms with Crippen LogP contribution in [0, 0.1) is 0 Å². The molecule has 0 amide bonds. The van der Waals surface area contributed by atoms with Crippen LogP contribution in [0.3, 0.4) is 0 Å². The van der Waals surface area contributed by atoms with Gasteiger partial charge in [0.05, 0.1) is 34.0 Å². The minimum Gasteiger partial charge on any atom is -0.493 e. The number of ether oxygens (including phenoxy) is 4. The van der Waals surface area contributed by atoms with Crippen LogP contribution in [0.1, 0.15) is 5.56 Å². The summed E-state index contributed by atoms with van der Waals surface area (Å²) in [7, 11) is 6.37. The molecule has 176 valence electrons. The normalized spacial score (nSPS) is 10.5. The first kappa shape index (κ1) is 22.7. The number of rotatable bonds is 10. The molecule has 0 unspecified atom stereocenters. The molecule has 0 spiro atoms. The first-order valence-corrected chi connectivity index (χ1v) is 10.4. The molecule has 0 aliphatic carbocycles.